The second-order valence-corrected chi connectivity index (χ2v) is 7.97. The van der Waals surface area contributed by atoms with Gasteiger partial charge in [0.05, 0.1) is 11.7 Å². The molecule has 1 aliphatic heterocycles. The Labute approximate surface area is 177 Å². The average Bonchev–Trinajstić information content (AvgIpc) is 2.70. The fourth-order valence-electron chi connectivity index (χ4n) is 3.98. The molecule has 3 atom stereocenters. The molecule has 0 saturated carbocycles. The molecule has 9 heteroatoms. The van der Waals surface area contributed by atoms with Gasteiger partial charge < -0.3 is 27.2 Å². The lowest BCUT2D eigenvalue weighted by atomic mass is 9.93. The van der Waals surface area contributed by atoms with Gasteiger partial charge in [-0.05, 0) is 57.6 Å². The second kappa shape index (κ2) is 10.9. The molecular formula is C21H34N6O3. The zero-order valence-corrected chi connectivity index (χ0v) is 17.6. The van der Waals surface area contributed by atoms with E-state index in [2.05, 4.69) is 10.3 Å². The second-order valence-electron chi connectivity index (χ2n) is 7.97. The maximum absolute atomic E-state index is 13.5. The summed E-state index contributed by atoms with van der Waals surface area (Å²) in [6.07, 6.45) is 3.55. The molecule has 166 valence electrons. The smallest absolute Gasteiger partial charge is 0.326 e. The van der Waals surface area contributed by atoms with Crippen molar-refractivity contribution in [2.45, 2.75) is 63.2 Å². The highest BCUT2D eigenvalue weighted by Gasteiger charge is 2.44. The largest absolute Gasteiger partial charge is 0.480 e. The van der Waals surface area contributed by atoms with Crippen LogP contribution in [0, 0.1) is 0 Å². The van der Waals surface area contributed by atoms with Crippen LogP contribution < -0.4 is 22.5 Å². The number of hydrogen-bond acceptors (Lipinski definition) is 5. The van der Waals surface area contributed by atoms with E-state index in [9.17, 15) is 14.7 Å². The molecule has 0 aliphatic carbocycles. The summed E-state index contributed by atoms with van der Waals surface area (Å²) in [5, 5.41) is 13.3. The predicted octanol–water partition coefficient (Wildman–Crippen LogP) is 0.382. The number of carboxylic acids is 1. The highest BCUT2D eigenvalue weighted by Crippen LogP contribution is 2.28. The molecule has 0 aromatic heterocycles. The van der Waals surface area contributed by atoms with Gasteiger partial charge in [0.2, 0.25) is 5.91 Å². The van der Waals surface area contributed by atoms with E-state index in [-0.39, 0.29) is 18.3 Å². The molecule has 1 amide bonds. The van der Waals surface area contributed by atoms with Crippen LogP contribution in [0.2, 0.25) is 0 Å². The van der Waals surface area contributed by atoms with Gasteiger partial charge >= 0.3 is 5.97 Å². The van der Waals surface area contributed by atoms with Crippen molar-refractivity contribution in [1.82, 2.24) is 10.2 Å². The number of piperidine rings is 1. The van der Waals surface area contributed by atoms with Crippen LogP contribution in [-0.4, -0.2) is 58.7 Å². The minimum absolute atomic E-state index is 0.0411. The van der Waals surface area contributed by atoms with Gasteiger partial charge in [0.25, 0.3) is 0 Å². The summed E-state index contributed by atoms with van der Waals surface area (Å²) in [6, 6.07) is 7.62. The third-order valence-corrected chi connectivity index (χ3v) is 5.51. The number of rotatable bonds is 10. The number of nitrogens with zero attached hydrogens (tertiary/aromatic N) is 2. The lowest BCUT2D eigenvalue weighted by Gasteiger charge is -2.48. The van der Waals surface area contributed by atoms with Gasteiger partial charge in [-0.3, -0.25) is 15.1 Å². The number of aliphatic carboxylic acids is 1. The quantitative estimate of drug-likeness (QED) is 0.208. The molecule has 1 unspecified atom stereocenters. The molecule has 1 heterocycles. The maximum Gasteiger partial charge on any atom is 0.326 e. The number of carbonyl (C=O) groups excluding carboxylic acids is 1. The van der Waals surface area contributed by atoms with E-state index < -0.39 is 23.7 Å². The minimum atomic E-state index is -1.06. The normalized spacial score (nSPS) is 20.7. The molecule has 30 heavy (non-hydrogen) atoms. The standard InChI is InChI=1S/C21H34N6O3/c1-21(11-5-6-13-26-21)27(17(19(29)30)10-7-12-25-20(23)24)18(28)16(22)14-15-8-3-2-4-9-15/h2-4,8-9,16-17,26H,5-7,10-14,22H2,1H3,(H,29,30)(H4,23,24,25)/t16-,17+,21?/m1/s1. The van der Waals surface area contributed by atoms with Gasteiger partial charge in [-0.25, -0.2) is 4.79 Å². The number of hydrogen-bond donors (Lipinski definition) is 5. The molecule has 0 radical (unpaired) electrons. The number of carbonyl (C=O) groups is 2. The van der Waals surface area contributed by atoms with E-state index >= 15 is 0 Å². The third-order valence-electron chi connectivity index (χ3n) is 5.51. The van der Waals surface area contributed by atoms with Gasteiger partial charge in [-0.15, -0.1) is 0 Å². The van der Waals surface area contributed by atoms with E-state index in [1.165, 1.54) is 4.90 Å². The van der Waals surface area contributed by atoms with Crippen LogP contribution in [0.15, 0.2) is 35.3 Å². The van der Waals surface area contributed by atoms with E-state index in [4.69, 9.17) is 17.2 Å². The molecule has 1 aromatic rings. The Balaban J connectivity index is 2.26. The van der Waals surface area contributed by atoms with Gasteiger partial charge in [-0.1, -0.05) is 30.3 Å². The van der Waals surface area contributed by atoms with Crippen LogP contribution in [0.3, 0.4) is 0 Å². The van der Waals surface area contributed by atoms with Crippen molar-refractivity contribution in [2.75, 3.05) is 13.1 Å². The summed E-state index contributed by atoms with van der Waals surface area (Å²) in [5.41, 5.74) is 17.1. The molecule has 1 saturated heterocycles. The Morgan fingerprint density at radius 2 is 1.97 bits per heavy atom. The molecule has 9 nitrogen and oxygen atoms in total. The number of benzene rings is 1. The number of nitrogens with one attached hydrogen (secondary N) is 1. The number of amides is 1. The van der Waals surface area contributed by atoms with E-state index in [0.717, 1.165) is 18.4 Å². The van der Waals surface area contributed by atoms with Gasteiger partial charge in [0.1, 0.15) is 6.04 Å². The van der Waals surface area contributed by atoms with Crippen LogP contribution in [-0.2, 0) is 16.0 Å². The first-order chi connectivity index (χ1) is 14.2. The molecule has 1 aromatic carbocycles. The van der Waals surface area contributed by atoms with Crippen LogP contribution >= 0.6 is 0 Å². The molecular weight excluding hydrogens is 384 g/mol. The van der Waals surface area contributed by atoms with Crippen LogP contribution in [0.5, 0.6) is 0 Å². The molecule has 0 bridgehead atoms. The van der Waals surface area contributed by atoms with Gasteiger partial charge in [0, 0.05) is 6.54 Å². The Morgan fingerprint density at radius 1 is 1.27 bits per heavy atom. The Kier molecular flexibility index (Phi) is 8.61. The van der Waals surface area contributed by atoms with Crippen molar-refractivity contribution >= 4 is 17.8 Å². The van der Waals surface area contributed by atoms with Crippen LogP contribution in [0.1, 0.15) is 44.6 Å². The number of nitrogens with two attached hydrogens (primary N) is 3. The lowest BCUT2D eigenvalue weighted by molar-refractivity contribution is -0.160. The summed E-state index contributed by atoms with van der Waals surface area (Å²) in [7, 11) is 0. The number of aliphatic imine (C=N–C) groups is 1. The molecule has 1 fully saturated rings. The van der Waals surface area contributed by atoms with Gasteiger partial charge in [-0.2, -0.15) is 0 Å². The Morgan fingerprint density at radius 3 is 2.53 bits per heavy atom. The number of guanidine groups is 1. The molecule has 8 N–H and O–H groups in total. The first-order valence-electron chi connectivity index (χ1n) is 10.4. The first kappa shape index (κ1) is 23.6. The van der Waals surface area contributed by atoms with Crippen molar-refractivity contribution in [3.8, 4) is 0 Å². The van der Waals surface area contributed by atoms with Crippen LogP contribution in [0.25, 0.3) is 0 Å². The summed E-state index contributed by atoms with van der Waals surface area (Å²) < 4.78 is 0. The maximum atomic E-state index is 13.5. The Bertz CT molecular complexity index is 730. The summed E-state index contributed by atoms with van der Waals surface area (Å²) in [5.74, 6) is -1.47. The predicted molar refractivity (Wildman–Crippen MR) is 117 cm³/mol. The van der Waals surface area contributed by atoms with E-state index in [0.29, 0.717) is 32.4 Å². The SMILES string of the molecule is CC1(N(C(=O)[C@H](N)Cc2ccccc2)[C@@H](CCCN=C(N)N)C(=O)O)CCCCN1. The summed E-state index contributed by atoms with van der Waals surface area (Å²) in [4.78, 5) is 31.0. The lowest BCUT2D eigenvalue weighted by Crippen LogP contribution is -2.67. The van der Waals surface area contributed by atoms with Crippen molar-refractivity contribution in [2.24, 2.45) is 22.2 Å². The van der Waals surface area contributed by atoms with Crippen LogP contribution in [0.4, 0.5) is 0 Å². The van der Waals surface area contributed by atoms with E-state index in [1.807, 2.05) is 37.3 Å². The summed E-state index contributed by atoms with van der Waals surface area (Å²) in [6.45, 7) is 2.90. The average molecular weight is 419 g/mol. The topological polar surface area (TPSA) is 160 Å². The summed E-state index contributed by atoms with van der Waals surface area (Å²) >= 11 is 0. The zero-order chi connectivity index (χ0) is 22.1. The first-order valence-corrected chi connectivity index (χ1v) is 10.4. The van der Waals surface area contributed by atoms with E-state index in [1.54, 1.807) is 0 Å². The fourth-order valence-corrected chi connectivity index (χ4v) is 3.98. The van der Waals surface area contributed by atoms with Crippen molar-refractivity contribution in [1.29, 1.82) is 0 Å². The molecule has 0 spiro atoms. The highest BCUT2D eigenvalue weighted by atomic mass is 16.4. The fraction of sp³-hybridized carbons (Fsp3) is 0.571. The number of carboxylic acid groups (broad SMARTS) is 1. The molecule has 1 aliphatic rings. The zero-order valence-electron chi connectivity index (χ0n) is 17.6. The minimum Gasteiger partial charge on any atom is -0.480 e. The highest BCUT2D eigenvalue weighted by molar-refractivity contribution is 5.88. The third kappa shape index (κ3) is 6.43. The van der Waals surface area contributed by atoms with Crippen molar-refractivity contribution in [3.63, 3.8) is 0 Å². The van der Waals surface area contributed by atoms with Crippen molar-refractivity contribution < 1.29 is 14.7 Å². The van der Waals surface area contributed by atoms with Gasteiger partial charge in [0.15, 0.2) is 5.96 Å². The van der Waals surface area contributed by atoms with Crippen molar-refractivity contribution in [3.05, 3.63) is 35.9 Å². The molecule has 2 rings (SSSR count). The Hall–Kier alpha value is -2.65. The monoisotopic (exact) mass is 418 g/mol.